The summed E-state index contributed by atoms with van der Waals surface area (Å²) in [7, 11) is -0.667. The molecule has 0 bridgehead atoms. The molecule has 0 aliphatic heterocycles. The molecule has 4 rings (SSSR count). The number of nitrogens with zero attached hydrogens (tertiary/aromatic N) is 4. The third-order valence-corrected chi connectivity index (χ3v) is 8.27. The third-order valence-electron chi connectivity index (χ3n) is 6.20. The number of benzene rings is 2. The van der Waals surface area contributed by atoms with Crippen LogP contribution in [0.4, 0.5) is 23.9 Å². The van der Waals surface area contributed by atoms with Crippen molar-refractivity contribution in [2.45, 2.75) is 24.2 Å². The van der Waals surface area contributed by atoms with E-state index in [9.17, 15) is 40.8 Å². The van der Waals surface area contributed by atoms with Gasteiger partial charge in [-0.1, -0.05) is 23.2 Å². The number of aryl methyl sites for hydroxylation is 1. The zero-order valence-electron chi connectivity index (χ0n) is 27.3. The second-order valence-corrected chi connectivity index (χ2v) is 12.3. The van der Waals surface area contributed by atoms with Crippen LogP contribution in [-0.4, -0.2) is 82.6 Å². The average Bonchev–Trinajstić information content (AvgIpc) is 3.48. The highest BCUT2D eigenvalue weighted by molar-refractivity contribution is 7.90. The number of rotatable bonds is 11. The number of anilines is 1. The molecule has 0 unspecified atom stereocenters. The van der Waals surface area contributed by atoms with Gasteiger partial charge in [0.1, 0.15) is 17.1 Å². The van der Waals surface area contributed by atoms with E-state index in [1.807, 2.05) is 0 Å². The molecular weight excluding hydrogens is 784 g/mol. The normalized spacial score (nSPS) is 11.6. The number of carbonyl (C=O) groups excluding carboxylic acids is 2. The number of esters is 1. The van der Waals surface area contributed by atoms with Crippen LogP contribution >= 0.6 is 23.2 Å². The molecule has 0 saturated heterocycles. The van der Waals surface area contributed by atoms with Crippen LogP contribution in [0.2, 0.25) is 10.0 Å². The Kier molecular flexibility index (Phi) is 13.4. The largest absolute Gasteiger partial charge is 0.481 e. The standard InChI is InChI=1S/C17H11Cl2F3O5.C12H14N6O7S/c1-8(15(23)24)26-16(25)11-7-10(3-4-12(11)18)27-14-5-2-9(6-13(14)19)17(20,21)22;1-18-9(6(5-13-18)10(19)20)26(22,23)17-12(21)16-11-14-7(24-2)4-8(15-11)25-3/h2-8H,1H3,(H,23,24);4-5H,1-3H3,(H,19,20)(H2,14,15,16,17,21)/t8-;/m0./s1. The maximum Gasteiger partial charge on any atom is 0.416 e. The Hall–Kier alpha value is -5.87. The van der Waals surface area contributed by atoms with E-state index in [1.54, 1.807) is 4.72 Å². The minimum atomic E-state index is -4.56. The molecule has 2 aromatic carbocycles. The first-order valence-corrected chi connectivity index (χ1v) is 16.2. The lowest BCUT2D eigenvalue weighted by Crippen LogP contribution is -2.36. The predicted octanol–water partition coefficient (Wildman–Crippen LogP) is 4.87. The number of aromatic nitrogens is 4. The van der Waals surface area contributed by atoms with Crippen molar-refractivity contribution < 1.29 is 69.9 Å². The van der Waals surface area contributed by atoms with Crippen LogP contribution in [0, 0.1) is 0 Å². The number of amides is 2. The third kappa shape index (κ3) is 11.1. The number of carbonyl (C=O) groups is 4. The number of aliphatic carboxylic acids is 1. The lowest BCUT2D eigenvalue weighted by Gasteiger charge is -2.13. The number of nitrogens with one attached hydrogen (secondary N) is 2. The zero-order chi connectivity index (χ0) is 39.8. The summed E-state index contributed by atoms with van der Waals surface area (Å²) in [5.74, 6) is -4.06. The molecule has 0 aliphatic carbocycles. The monoisotopic (exact) mass is 808 g/mol. The van der Waals surface area contributed by atoms with Gasteiger partial charge >= 0.3 is 30.1 Å². The van der Waals surface area contributed by atoms with Gasteiger partial charge in [-0.3, -0.25) is 10.00 Å². The SMILES string of the molecule is COc1cc(OC)nc(NC(=O)NS(=O)(=O)c2c(C(=O)O)cnn2C)n1.C[C@H](OC(=O)c1cc(Oc2ccc(C(F)(F)F)cc2Cl)ccc1Cl)C(=O)O. The molecule has 4 aromatic rings. The molecule has 0 aliphatic rings. The van der Waals surface area contributed by atoms with Gasteiger partial charge in [0.25, 0.3) is 10.0 Å². The predicted molar refractivity (Wildman–Crippen MR) is 175 cm³/mol. The Labute approximate surface area is 306 Å². The number of carboxylic acids is 2. The second kappa shape index (κ2) is 17.1. The van der Waals surface area contributed by atoms with E-state index in [1.165, 1.54) is 39.5 Å². The van der Waals surface area contributed by atoms with Gasteiger partial charge in [0.15, 0.2) is 11.1 Å². The minimum Gasteiger partial charge on any atom is -0.481 e. The molecule has 24 heteroatoms. The number of sulfonamides is 1. The number of hydrogen-bond acceptors (Lipinski definition) is 13. The van der Waals surface area contributed by atoms with Gasteiger partial charge in [-0.05, 0) is 43.3 Å². The van der Waals surface area contributed by atoms with Crippen LogP contribution < -0.4 is 24.2 Å². The molecule has 2 heterocycles. The van der Waals surface area contributed by atoms with Gasteiger partial charge in [0.2, 0.25) is 17.7 Å². The second-order valence-electron chi connectivity index (χ2n) is 9.90. The summed E-state index contributed by atoms with van der Waals surface area (Å²) >= 11 is 11.7. The van der Waals surface area contributed by atoms with E-state index < -0.39 is 62.4 Å². The van der Waals surface area contributed by atoms with E-state index in [4.69, 9.17) is 52.4 Å². The Morgan fingerprint density at radius 3 is 2.08 bits per heavy atom. The van der Waals surface area contributed by atoms with Gasteiger partial charge in [-0.25, -0.2) is 23.9 Å². The van der Waals surface area contributed by atoms with Crippen molar-refractivity contribution in [1.82, 2.24) is 24.5 Å². The van der Waals surface area contributed by atoms with Crippen LogP contribution in [-0.2, 0) is 32.8 Å². The summed E-state index contributed by atoms with van der Waals surface area (Å²) in [5, 5.41) is 22.5. The lowest BCUT2D eigenvalue weighted by molar-refractivity contribution is -0.146. The highest BCUT2D eigenvalue weighted by Gasteiger charge is 2.31. The molecular formula is C29H25Cl2F3N6O12S. The summed E-state index contributed by atoms with van der Waals surface area (Å²) in [6.45, 7) is 1.16. The van der Waals surface area contributed by atoms with Crippen molar-refractivity contribution in [3.8, 4) is 23.3 Å². The molecule has 53 heavy (non-hydrogen) atoms. The maximum absolute atomic E-state index is 12.7. The quantitative estimate of drug-likeness (QED) is 0.148. The first-order chi connectivity index (χ1) is 24.7. The molecule has 0 spiro atoms. The van der Waals surface area contributed by atoms with Crippen molar-refractivity contribution in [2.75, 3.05) is 19.5 Å². The van der Waals surface area contributed by atoms with E-state index in [0.29, 0.717) is 6.07 Å². The highest BCUT2D eigenvalue weighted by atomic mass is 35.5. The lowest BCUT2D eigenvalue weighted by atomic mass is 10.2. The fraction of sp³-hybridized carbons (Fsp3) is 0.207. The molecule has 0 saturated carbocycles. The summed E-state index contributed by atoms with van der Waals surface area (Å²) in [5.41, 5.74) is -1.71. The van der Waals surface area contributed by atoms with Gasteiger partial charge < -0.3 is 29.2 Å². The Balaban J connectivity index is 0.000000286. The fourth-order valence-corrected chi connectivity index (χ4v) is 5.37. The molecule has 284 valence electrons. The number of halogens is 5. The van der Waals surface area contributed by atoms with Gasteiger partial charge in [0.05, 0.1) is 47.7 Å². The summed E-state index contributed by atoms with van der Waals surface area (Å²) in [4.78, 5) is 53.5. The van der Waals surface area contributed by atoms with Crippen molar-refractivity contribution in [3.05, 3.63) is 75.4 Å². The number of aromatic carboxylic acids is 1. The van der Waals surface area contributed by atoms with E-state index >= 15 is 0 Å². The Morgan fingerprint density at radius 1 is 0.925 bits per heavy atom. The molecule has 0 fully saturated rings. The Bertz CT molecular complexity index is 2130. The molecule has 2 aromatic heterocycles. The van der Waals surface area contributed by atoms with E-state index in [2.05, 4.69) is 20.4 Å². The van der Waals surface area contributed by atoms with Gasteiger partial charge in [-0.2, -0.15) is 36.7 Å². The fourth-order valence-electron chi connectivity index (χ4n) is 3.74. The van der Waals surface area contributed by atoms with E-state index in [-0.39, 0.29) is 44.8 Å². The summed E-state index contributed by atoms with van der Waals surface area (Å²) in [6, 6.07) is 6.45. The summed E-state index contributed by atoms with van der Waals surface area (Å²) < 4.78 is 85.0. The molecule has 18 nitrogen and oxygen atoms in total. The molecule has 2 amide bonds. The minimum absolute atomic E-state index is 0.0246. The van der Waals surface area contributed by atoms with Crippen molar-refractivity contribution in [3.63, 3.8) is 0 Å². The van der Waals surface area contributed by atoms with Crippen LogP contribution in [0.25, 0.3) is 0 Å². The first kappa shape index (κ1) is 41.5. The van der Waals surface area contributed by atoms with E-state index in [0.717, 1.165) is 36.0 Å². The molecule has 0 radical (unpaired) electrons. The van der Waals surface area contributed by atoms with Crippen molar-refractivity contribution in [1.29, 1.82) is 0 Å². The van der Waals surface area contributed by atoms with Crippen LogP contribution in [0.5, 0.6) is 23.3 Å². The Morgan fingerprint density at radius 2 is 1.55 bits per heavy atom. The molecule has 1 atom stereocenters. The number of methoxy groups -OCH3 is 2. The smallest absolute Gasteiger partial charge is 0.416 e. The van der Waals surface area contributed by atoms with Gasteiger partial charge in [-0.15, -0.1) is 0 Å². The summed E-state index contributed by atoms with van der Waals surface area (Å²) in [6.07, 6.45) is -5.10. The van der Waals surface area contributed by atoms with Crippen LogP contribution in [0.3, 0.4) is 0 Å². The number of ether oxygens (including phenoxy) is 4. The average molecular weight is 810 g/mol. The topological polar surface area (TPSA) is 247 Å². The number of urea groups is 1. The van der Waals surface area contributed by atoms with Gasteiger partial charge in [0, 0.05) is 7.05 Å². The highest BCUT2D eigenvalue weighted by Crippen LogP contribution is 2.37. The number of hydrogen-bond donors (Lipinski definition) is 4. The van der Waals surface area contributed by atoms with Crippen molar-refractivity contribution >= 4 is 63.1 Å². The number of alkyl halides is 3. The maximum atomic E-state index is 12.7. The number of carboxylic acid groups (broad SMARTS) is 2. The molecule has 4 N–H and O–H groups in total. The first-order valence-electron chi connectivity index (χ1n) is 14.0. The van der Waals surface area contributed by atoms with Crippen molar-refractivity contribution in [2.24, 2.45) is 7.05 Å². The van der Waals surface area contributed by atoms with Crippen LogP contribution in [0.15, 0.2) is 53.7 Å². The van der Waals surface area contributed by atoms with Crippen LogP contribution in [0.1, 0.15) is 33.2 Å². The zero-order valence-corrected chi connectivity index (χ0v) is 29.6.